The number of para-hydroxylation sites is 1. The summed E-state index contributed by atoms with van der Waals surface area (Å²) in [4.78, 5) is 35.3. The van der Waals surface area contributed by atoms with Crippen LogP contribution in [-0.4, -0.2) is 34.6 Å². The van der Waals surface area contributed by atoms with Crippen molar-refractivity contribution in [3.8, 4) is 5.75 Å². The summed E-state index contributed by atoms with van der Waals surface area (Å²) in [6.45, 7) is 1.44. The monoisotopic (exact) mass is 397 g/mol. The molecule has 1 aromatic heterocycles. The Kier molecular flexibility index (Phi) is 5.49. The fourth-order valence-corrected chi connectivity index (χ4v) is 2.91. The van der Waals surface area contributed by atoms with Gasteiger partial charge < -0.3 is 19.4 Å². The maximum absolute atomic E-state index is 12.6. The first-order valence-electron chi connectivity index (χ1n) is 8.70. The number of aryl methyl sites for hydroxylation is 1. The number of rotatable bonds is 6. The van der Waals surface area contributed by atoms with Gasteiger partial charge in [0.2, 0.25) is 0 Å². The highest BCUT2D eigenvalue weighted by atomic mass is 16.6. The molecule has 0 radical (unpaired) electrons. The number of aromatic nitrogens is 1. The number of anilines is 1. The second kappa shape index (κ2) is 8.01. The number of nitro benzene ring substituents is 1. The second-order valence-electron chi connectivity index (χ2n) is 6.35. The summed E-state index contributed by atoms with van der Waals surface area (Å²) in [5.74, 6) is -1.09. The highest BCUT2D eigenvalue weighted by molar-refractivity contribution is 6.05. The molecule has 1 atom stereocenters. The number of nitro groups is 1. The highest BCUT2D eigenvalue weighted by Gasteiger charge is 2.23. The molecular formula is C20H19N3O6. The molecule has 1 N–H and O–H groups in total. The molecule has 3 aromatic rings. The van der Waals surface area contributed by atoms with E-state index >= 15 is 0 Å². The van der Waals surface area contributed by atoms with Crippen LogP contribution in [0.4, 0.5) is 11.4 Å². The normalized spacial score (nSPS) is 11.7. The van der Waals surface area contributed by atoms with Gasteiger partial charge >= 0.3 is 5.97 Å². The summed E-state index contributed by atoms with van der Waals surface area (Å²) < 4.78 is 12.2. The van der Waals surface area contributed by atoms with Gasteiger partial charge in [-0.3, -0.25) is 14.9 Å². The SMILES string of the molecule is COc1cc([N+](=O)[O-])ccc1NC(=O)[C@@H](C)OC(=O)c1cn(C)c2ccccc12. The molecule has 0 aliphatic carbocycles. The molecule has 0 unspecified atom stereocenters. The van der Waals surface area contributed by atoms with Gasteiger partial charge in [0, 0.05) is 30.2 Å². The van der Waals surface area contributed by atoms with Crippen LogP contribution in [0, 0.1) is 10.1 Å². The van der Waals surface area contributed by atoms with Crippen LogP contribution in [0.15, 0.2) is 48.7 Å². The molecule has 2 aromatic carbocycles. The van der Waals surface area contributed by atoms with E-state index in [1.54, 1.807) is 16.8 Å². The second-order valence-corrected chi connectivity index (χ2v) is 6.35. The van der Waals surface area contributed by atoms with E-state index in [1.807, 2.05) is 25.2 Å². The van der Waals surface area contributed by atoms with E-state index in [2.05, 4.69) is 5.32 Å². The number of carbonyl (C=O) groups is 2. The van der Waals surface area contributed by atoms with Crippen molar-refractivity contribution in [1.29, 1.82) is 0 Å². The zero-order valence-corrected chi connectivity index (χ0v) is 16.0. The van der Waals surface area contributed by atoms with Crippen molar-refractivity contribution < 1.29 is 24.0 Å². The van der Waals surface area contributed by atoms with Crippen LogP contribution in [0.25, 0.3) is 10.9 Å². The number of fused-ring (bicyclic) bond motifs is 1. The zero-order chi connectivity index (χ0) is 21.1. The summed E-state index contributed by atoms with van der Waals surface area (Å²) in [5, 5.41) is 14.1. The standard InChI is InChI=1S/C20H19N3O6/c1-12(19(24)21-16-9-8-13(23(26)27)10-18(16)28-3)29-20(25)15-11-22(2)17-7-5-4-6-14(15)17/h4-12H,1-3H3,(H,21,24)/t12-/m1/s1. The molecule has 29 heavy (non-hydrogen) atoms. The minimum absolute atomic E-state index is 0.125. The molecule has 9 nitrogen and oxygen atoms in total. The van der Waals surface area contributed by atoms with Crippen molar-refractivity contribution in [1.82, 2.24) is 4.57 Å². The number of nitrogens with zero attached hydrogens (tertiary/aromatic N) is 2. The lowest BCUT2D eigenvalue weighted by Gasteiger charge is -2.15. The van der Waals surface area contributed by atoms with Crippen LogP contribution in [0.2, 0.25) is 0 Å². The van der Waals surface area contributed by atoms with Gasteiger partial charge in [0.05, 0.1) is 29.4 Å². The smallest absolute Gasteiger partial charge is 0.341 e. The number of non-ortho nitro benzene ring substituents is 1. The van der Waals surface area contributed by atoms with Crippen molar-refractivity contribution in [2.24, 2.45) is 7.05 Å². The van der Waals surface area contributed by atoms with Crippen LogP contribution in [0.5, 0.6) is 5.75 Å². The molecule has 150 valence electrons. The highest BCUT2D eigenvalue weighted by Crippen LogP contribution is 2.29. The van der Waals surface area contributed by atoms with Gasteiger partial charge in [-0.15, -0.1) is 0 Å². The minimum atomic E-state index is -1.10. The van der Waals surface area contributed by atoms with Crippen LogP contribution in [0.3, 0.4) is 0 Å². The first-order chi connectivity index (χ1) is 13.8. The van der Waals surface area contributed by atoms with Gasteiger partial charge in [0.25, 0.3) is 11.6 Å². The predicted octanol–water partition coefficient (Wildman–Crippen LogP) is 3.28. The Labute approximate surface area is 166 Å². The van der Waals surface area contributed by atoms with E-state index in [0.29, 0.717) is 5.56 Å². The van der Waals surface area contributed by atoms with E-state index in [0.717, 1.165) is 10.9 Å². The maximum Gasteiger partial charge on any atom is 0.341 e. The number of carbonyl (C=O) groups excluding carboxylic acids is 2. The van der Waals surface area contributed by atoms with Crippen molar-refractivity contribution in [3.63, 3.8) is 0 Å². The summed E-state index contributed by atoms with van der Waals surface area (Å²) in [6, 6.07) is 11.2. The molecule has 0 aliphatic rings. The Hall–Kier alpha value is -3.88. The molecule has 0 aliphatic heterocycles. The summed E-state index contributed by atoms with van der Waals surface area (Å²) in [6.07, 6.45) is 0.554. The Morgan fingerprint density at radius 1 is 1.21 bits per heavy atom. The fraction of sp³-hybridized carbons (Fsp3) is 0.200. The number of nitrogens with one attached hydrogen (secondary N) is 1. The molecule has 1 heterocycles. The third kappa shape index (κ3) is 4.03. The zero-order valence-electron chi connectivity index (χ0n) is 16.0. The van der Waals surface area contributed by atoms with Gasteiger partial charge in [-0.05, 0) is 19.1 Å². The van der Waals surface area contributed by atoms with Gasteiger partial charge in [0.15, 0.2) is 6.10 Å². The van der Waals surface area contributed by atoms with Gasteiger partial charge in [-0.25, -0.2) is 4.79 Å². The topological polar surface area (TPSA) is 113 Å². The number of hydrogen-bond donors (Lipinski definition) is 1. The summed E-state index contributed by atoms with van der Waals surface area (Å²) in [7, 11) is 3.15. The third-order valence-corrected chi connectivity index (χ3v) is 4.42. The Bertz CT molecular complexity index is 1100. The summed E-state index contributed by atoms with van der Waals surface area (Å²) in [5.41, 5.74) is 1.29. The van der Waals surface area contributed by atoms with Crippen LogP contribution in [-0.2, 0) is 16.6 Å². The Morgan fingerprint density at radius 2 is 1.93 bits per heavy atom. The minimum Gasteiger partial charge on any atom is -0.494 e. The van der Waals surface area contributed by atoms with Crippen molar-refractivity contribution in [2.45, 2.75) is 13.0 Å². The van der Waals surface area contributed by atoms with E-state index < -0.39 is 22.9 Å². The molecule has 0 bridgehead atoms. The van der Waals surface area contributed by atoms with E-state index in [-0.39, 0.29) is 17.1 Å². The lowest BCUT2D eigenvalue weighted by molar-refractivity contribution is -0.384. The first-order valence-corrected chi connectivity index (χ1v) is 8.70. The Balaban J connectivity index is 1.74. The molecule has 9 heteroatoms. The fourth-order valence-electron chi connectivity index (χ4n) is 2.91. The average Bonchev–Trinajstić information content (AvgIpc) is 3.05. The number of ether oxygens (including phenoxy) is 2. The molecule has 1 amide bonds. The van der Waals surface area contributed by atoms with Crippen LogP contribution < -0.4 is 10.1 Å². The molecule has 0 spiro atoms. The summed E-state index contributed by atoms with van der Waals surface area (Å²) >= 11 is 0. The molecule has 0 saturated heterocycles. The molecule has 0 fully saturated rings. The van der Waals surface area contributed by atoms with E-state index in [1.165, 1.54) is 32.2 Å². The average molecular weight is 397 g/mol. The number of amides is 1. The molecule has 3 rings (SSSR count). The first kappa shape index (κ1) is 19.9. The number of methoxy groups -OCH3 is 1. The number of esters is 1. The van der Waals surface area contributed by atoms with E-state index in [9.17, 15) is 19.7 Å². The Morgan fingerprint density at radius 3 is 2.62 bits per heavy atom. The van der Waals surface area contributed by atoms with Gasteiger partial charge in [0.1, 0.15) is 5.75 Å². The quantitative estimate of drug-likeness (QED) is 0.388. The van der Waals surface area contributed by atoms with Gasteiger partial charge in [-0.1, -0.05) is 18.2 Å². The van der Waals surface area contributed by atoms with Gasteiger partial charge in [-0.2, -0.15) is 0 Å². The van der Waals surface area contributed by atoms with Crippen LogP contribution in [0.1, 0.15) is 17.3 Å². The lowest BCUT2D eigenvalue weighted by atomic mass is 10.2. The predicted molar refractivity (Wildman–Crippen MR) is 106 cm³/mol. The number of hydrogen-bond acceptors (Lipinski definition) is 6. The van der Waals surface area contributed by atoms with Crippen molar-refractivity contribution in [3.05, 3.63) is 64.3 Å². The maximum atomic E-state index is 12.6. The van der Waals surface area contributed by atoms with E-state index in [4.69, 9.17) is 9.47 Å². The van der Waals surface area contributed by atoms with Crippen LogP contribution >= 0.6 is 0 Å². The molecule has 0 saturated carbocycles. The van der Waals surface area contributed by atoms with Crippen molar-refractivity contribution >= 4 is 34.2 Å². The largest absolute Gasteiger partial charge is 0.494 e. The molecular weight excluding hydrogens is 378 g/mol. The third-order valence-electron chi connectivity index (χ3n) is 4.42. The lowest BCUT2D eigenvalue weighted by Crippen LogP contribution is -2.30. The number of benzene rings is 2. The van der Waals surface area contributed by atoms with Crippen molar-refractivity contribution in [2.75, 3.05) is 12.4 Å².